The van der Waals surface area contributed by atoms with Crippen molar-refractivity contribution in [1.82, 2.24) is 4.90 Å². The quantitative estimate of drug-likeness (QED) is 0.863. The number of hydrogen-bond acceptors (Lipinski definition) is 4. The summed E-state index contributed by atoms with van der Waals surface area (Å²) in [7, 11) is 1.59. The molecule has 0 bridgehead atoms. The molecule has 2 heterocycles. The molecule has 18 heavy (non-hydrogen) atoms. The van der Waals surface area contributed by atoms with E-state index in [0.29, 0.717) is 15.6 Å². The molecule has 2 rings (SSSR count). The number of likely N-dealkylation sites (tertiary alicyclic amines) is 1. The van der Waals surface area contributed by atoms with Gasteiger partial charge < -0.3 is 15.4 Å². The summed E-state index contributed by atoms with van der Waals surface area (Å²) in [6.45, 7) is 0.723. The molecule has 4 nitrogen and oxygen atoms in total. The lowest BCUT2D eigenvalue weighted by atomic mass is 10.0. The first-order valence-corrected chi connectivity index (χ1v) is 7.15. The Labute approximate surface area is 116 Å². The predicted molar refractivity (Wildman–Crippen MR) is 76.3 cm³/mol. The summed E-state index contributed by atoms with van der Waals surface area (Å²) in [5.74, 6) is 0.716. The van der Waals surface area contributed by atoms with E-state index in [1.54, 1.807) is 18.1 Å². The van der Waals surface area contributed by atoms with Crippen molar-refractivity contribution in [2.24, 2.45) is 5.73 Å². The monoisotopic (exact) mass is 284 g/mol. The van der Waals surface area contributed by atoms with E-state index in [2.05, 4.69) is 0 Å². The minimum atomic E-state index is -0.102. The first-order chi connectivity index (χ1) is 8.63. The van der Waals surface area contributed by atoms with E-state index < -0.39 is 0 Å². The van der Waals surface area contributed by atoms with Crippen molar-refractivity contribution >= 4 is 34.5 Å². The molecule has 1 amide bonds. The Morgan fingerprint density at radius 3 is 3.00 bits per heavy atom. The second-order valence-corrected chi connectivity index (χ2v) is 5.65. The van der Waals surface area contributed by atoms with Crippen molar-refractivity contribution in [3.63, 3.8) is 0 Å². The second kappa shape index (κ2) is 5.67. The summed E-state index contributed by atoms with van der Waals surface area (Å²) in [6, 6.07) is 1.66. The highest BCUT2D eigenvalue weighted by molar-refractivity contribution is 7.80. The van der Waals surface area contributed by atoms with Crippen LogP contribution in [0.5, 0.6) is 5.75 Å². The van der Waals surface area contributed by atoms with Crippen LogP contribution >= 0.6 is 23.6 Å². The zero-order valence-electron chi connectivity index (χ0n) is 10.2. The highest BCUT2D eigenvalue weighted by atomic mass is 32.1. The van der Waals surface area contributed by atoms with Gasteiger partial charge in [0.1, 0.15) is 5.75 Å². The number of piperidine rings is 1. The highest BCUT2D eigenvalue weighted by Crippen LogP contribution is 2.26. The molecule has 1 fully saturated rings. The number of thiocarbonyl (C=S) groups is 1. The van der Waals surface area contributed by atoms with Crippen molar-refractivity contribution < 1.29 is 9.53 Å². The zero-order valence-corrected chi connectivity index (χ0v) is 11.9. The maximum Gasteiger partial charge on any atom is 0.264 e. The van der Waals surface area contributed by atoms with Gasteiger partial charge in [0, 0.05) is 18.0 Å². The fourth-order valence-electron chi connectivity index (χ4n) is 2.15. The molecular weight excluding hydrogens is 268 g/mol. The number of hydrogen-bond donors (Lipinski definition) is 1. The number of amides is 1. The van der Waals surface area contributed by atoms with Gasteiger partial charge in [-0.3, -0.25) is 4.79 Å². The molecule has 0 saturated carbocycles. The number of methoxy groups -OCH3 is 1. The van der Waals surface area contributed by atoms with E-state index in [1.807, 2.05) is 5.38 Å². The van der Waals surface area contributed by atoms with Crippen molar-refractivity contribution in [1.29, 1.82) is 0 Å². The summed E-state index contributed by atoms with van der Waals surface area (Å²) in [5, 5.41) is 1.83. The lowest BCUT2D eigenvalue weighted by molar-refractivity contribution is 0.0686. The normalized spacial score (nSPS) is 19.6. The first kappa shape index (κ1) is 13.3. The van der Waals surface area contributed by atoms with Gasteiger partial charge >= 0.3 is 0 Å². The number of rotatable bonds is 3. The largest absolute Gasteiger partial charge is 0.496 e. The molecule has 0 aromatic carbocycles. The van der Waals surface area contributed by atoms with Crippen LogP contribution in [-0.2, 0) is 0 Å². The SMILES string of the molecule is COc1csc(C(=O)N2CCCCC2C(N)=S)c1. The molecule has 0 aliphatic carbocycles. The molecule has 1 unspecified atom stereocenters. The Morgan fingerprint density at radius 2 is 2.39 bits per heavy atom. The summed E-state index contributed by atoms with van der Waals surface area (Å²) in [6.07, 6.45) is 2.94. The molecule has 2 N–H and O–H groups in total. The maximum absolute atomic E-state index is 12.4. The highest BCUT2D eigenvalue weighted by Gasteiger charge is 2.29. The molecule has 98 valence electrons. The van der Waals surface area contributed by atoms with E-state index in [1.165, 1.54) is 11.3 Å². The van der Waals surface area contributed by atoms with Gasteiger partial charge in [-0.05, 0) is 19.3 Å². The maximum atomic E-state index is 12.4. The van der Waals surface area contributed by atoms with E-state index in [4.69, 9.17) is 22.7 Å². The van der Waals surface area contributed by atoms with Crippen molar-refractivity contribution in [2.45, 2.75) is 25.3 Å². The molecule has 1 aliphatic heterocycles. The summed E-state index contributed by atoms with van der Waals surface area (Å²) >= 11 is 6.44. The van der Waals surface area contributed by atoms with E-state index in [0.717, 1.165) is 25.8 Å². The average Bonchev–Trinajstić information content (AvgIpc) is 2.86. The number of carbonyl (C=O) groups excluding carboxylic acids is 1. The zero-order chi connectivity index (χ0) is 13.1. The Kier molecular flexibility index (Phi) is 4.19. The number of nitrogens with two attached hydrogens (primary N) is 1. The Morgan fingerprint density at radius 1 is 1.61 bits per heavy atom. The van der Waals surface area contributed by atoms with E-state index >= 15 is 0 Å². The van der Waals surface area contributed by atoms with E-state index in [9.17, 15) is 4.79 Å². The van der Waals surface area contributed by atoms with Gasteiger partial charge in [0.25, 0.3) is 5.91 Å². The van der Waals surface area contributed by atoms with Crippen LogP contribution in [0.1, 0.15) is 28.9 Å². The van der Waals surface area contributed by atoms with Gasteiger partial charge in [-0.15, -0.1) is 11.3 Å². The van der Waals surface area contributed by atoms with Crippen LogP contribution in [0.25, 0.3) is 0 Å². The van der Waals surface area contributed by atoms with Gasteiger partial charge in [0.05, 0.1) is 23.0 Å². The Balaban J connectivity index is 2.17. The standard InChI is InChI=1S/C12H16N2O2S2/c1-16-8-6-10(18-7-8)12(15)14-5-3-2-4-9(14)11(13)17/h6-7,9H,2-5H2,1H3,(H2,13,17). The molecule has 1 aliphatic rings. The van der Waals surface area contributed by atoms with Gasteiger partial charge in [0.15, 0.2) is 0 Å². The summed E-state index contributed by atoms with van der Waals surface area (Å²) < 4.78 is 5.10. The number of carbonyl (C=O) groups is 1. The van der Waals surface area contributed by atoms with Gasteiger partial charge in [-0.1, -0.05) is 12.2 Å². The summed E-state index contributed by atoms with van der Waals surface area (Å²) in [5.41, 5.74) is 5.72. The third kappa shape index (κ3) is 2.64. The van der Waals surface area contributed by atoms with Crippen LogP contribution in [0.15, 0.2) is 11.4 Å². The lowest BCUT2D eigenvalue weighted by Gasteiger charge is -2.34. The number of ether oxygens (including phenoxy) is 1. The molecule has 0 spiro atoms. The Bertz CT molecular complexity index is 459. The van der Waals surface area contributed by atoms with Crippen molar-refractivity contribution in [2.75, 3.05) is 13.7 Å². The lowest BCUT2D eigenvalue weighted by Crippen LogP contribution is -2.49. The fourth-order valence-corrected chi connectivity index (χ4v) is 3.20. The van der Waals surface area contributed by atoms with Crippen molar-refractivity contribution in [3.8, 4) is 5.75 Å². The minimum absolute atomic E-state index is 0.000741. The summed E-state index contributed by atoms with van der Waals surface area (Å²) in [4.78, 5) is 15.3. The van der Waals surface area contributed by atoms with Crippen LogP contribution < -0.4 is 10.5 Å². The predicted octanol–water partition coefficient (Wildman–Crippen LogP) is 2.04. The van der Waals surface area contributed by atoms with Crippen molar-refractivity contribution in [3.05, 3.63) is 16.3 Å². The Hall–Kier alpha value is -1.14. The van der Waals surface area contributed by atoms with Crippen LogP contribution in [0.2, 0.25) is 0 Å². The average molecular weight is 284 g/mol. The molecule has 6 heteroatoms. The first-order valence-electron chi connectivity index (χ1n) is 5.86. The molecule has 1 aromatic rings. The van der Waals surface area contributed by atoms with Crippen LogP contribution in [-0.4, -0.2) is 35.5 Å². The second-order valence-electron chi connectivity index (χ2n) is 4.26. The molecular formula is C12H16N2O2S2. The minimum Gasteiger partial charge on any atom is -0.496 e. The van der Waals surface area contributed by atoms with Gasteiger partial charge in [0.2, 0.25) is 0 Å². The number of thiophene rings is 1. The molecule has 1 saturated heterocycles. The van der Waals surface area contributed by atoms with Crippen LogP contribution in [0.3, 0.4) is 0 Å². The van der Waals surface area contributed by atoms with Crippen LogP contribution in [0, 0.1) is 0 Å². The topological polar surface area (TPSA) is 55.6 Å². The smallest absolute Gasteiger partial charge is 0.264 e. The van der Waals surface area contributed by atoms with E-state index in [-0.39, 0.29) is 11.9 Å². The fraction of sp³-hybridized carbons (Fsp3) is 0.500. The third-order valence-corrected chi connectivity index (χ3v) is 4.28. The number of nitrogens with zero attached hydrogens (tertiary/aromatic N) is 1. The molecule has 1 aromatic heterocycles. The van der Waals surface area contributed by atoms with Crippen LogP contribution in [0.4, 0.5) is 0 Å². The van der Waals surface area contributed by atoms with Gasteiger partial charge in [-0.25, -0.2) is 0 Å². The van der Waals surface area contributed by atoms with Gasteiger partial charge in [-0.2, -0.15) is 0 Å². The third-order valence-electron chi connectivity index (χ3n) is 3.11. The molecule has 1 atom stereocenters. The molecule has 0 radical (unpaired) electrons.